The molecule has 2 atom stereocenters. The van der Waals surface area contributed by atoms with Gasteiger partial charge in [0.1, 0.15) is 11.7 Å². The van der Waals surface area contributed by atoms with E-state index in [1.807, 2.05) is 13.8 Å². The van der Waals surface area contributed by atoms with Gasteiger partial charge in [-0.25, -0.2) is 9.78 Å². The van der Waals surface area contributed by atoms with Crippen LogP contribution in [0.15, 0.2) is 41.6 Å². The number of benzene rings is 1. The van der Waals surface area contributed by atoms with Crippen LogP contribution in [0.5, 0.6) is 0 Å². The highest BCUT2D eigenvalue weighted by molar-refractivity contribution is 5.97. The molecule has 42 heavy (non-hydrogen) atoms. The zero-order valence-electron chi connectivity index (χ0n) is 24.0. The number of aryl methyl sites for hydroxylation is 1. The Morgan fingerprint density at radius 2 is 1.79 bits per heavy atom. The van der Waals surface area contributed by atoms with Crippen molar-refractivity contribution < 1.29 is 19.2 Å². The molecule has 3 aromatic rings. The highest BCUT2D eigenvalue weighted by Crippen LogP contribution is 2.14. The first-order valence-electron chi connectivity index (χ1n) is 14.4. The molecule has 0 saturated heterocycles. The number of carbonyl (C=O) groups excluding carboxylic acids is 4. The highest BCUT2D eigenvalue weighted by atomic mass is 16.2. The topological polar surface area (TPSA) is 171 Å². The maximum absolute atomic E-state index is 13.2. The predicted octanol–water partition coefficient (Wildman–Crippen LogP) is 1.21. The van der Waals surface area contributed by atoms with E-state index in [0.717, 1.165) is 0 Å². The number of fused-ring (bicyclic) bond motifs is 1. The van der Waals surface area contributed by atoms with Gasteiger partial charge in [-0.05, 0) is 43.4 Å². The number of aromatic nitrogens is 4. The fraction of sp³-hybridized carbons (Fsp3) is 0.483. The van der Waals surface area contributed by atoms with E-state index < -0.39 is 6.04 Å². The molecule has 4 rings (SSSR count). The molecule has 0 spiro atoms. The minimum atomic E-state index is -0.704. The van der Waals surface area contributed by atoms with Crippen LogP contribution < -0.4 is 21.6 Å². The number of H-pyrrole nitrogens is 1. The Hall–Kier alpha value is -4.55. The summed E-state index contributed by atoms with van der Waals surface area (Å²) in [5.41, 5.74) is 1.50. The largest absolute Gasteiger partial charge is 0.354 e. The normalized spacial score (nSPS) is 19.0. The van der Waals surface area contributed by atoms with Gasteiger partial charge in [0.15, 0.2) is 0 Å². The molecule has 0 saturated carbocycles. The zero-order valence-corrected chi connectivity index (χ0v) is 24.0. The molecule has 13 heteroatoms. The van der Waals surface area contributed by atoms with E-state index in [-0.39, 0.29) is 47.4 Å². The quantitative estimate of drug-likeness (QED) is 0.362. The van der Waals surface area contributed by atoms with E-state index in [1.54, 1.807) is 27.7 Å². The summed E-state index contributed by atoms with van der Waals surface area (Å²) in [6, 6.07) is 4.31. The first kappa shape index (κ1) is 30.4. The van der Waals surface area contributed by atoms with Crippen LogP contribution in [0.4, 0.5) is 0 Å². The molecule has 1 aliphatic rings. The van der Waals surface area contributed by atoms with Crippen LogP contribution in [0.25, 0.3) is 11.0 Å². The van der Waals surface area contributed by atoms with E-state index in [4.69, 9.17) is 0 Å². The highest BCUT2D eigenvalue weighted by Gasteiger charge is 2.26. The van der Waals surface area contributed by atoms with Crippen molar-refractivity contribution in [3.8, 4) is 0 Å². The monoisotopic (exact) mass is 578 g/mol. The number of nitrogens with zero attached hydrogens (tertiary/aromatic N) is 4. The van der Waals surface area contributed by atoms with E-state index in [1.165, 1.54) is 18.6 Å². The Morgan fingerprint density at radius 1 is 1.02 bits per heavy atom. The molecule has 4 N–H and O–H groups in total. The number of rotatable bonds is 3. The fourth-order valence-corrected chi connectivity index (χ4v) is 4.91. The van der Waals surface area contributed by atoms with Gasteiger partial charge in [0.05, 0.1) is 17.2 Å². The Bertz CT molecular complexity index is 1470. The SMILES string of the molecule is CC[C@H](C)[C@@H]1NC(=O)CCCN(C(=O)c2cnccn2)CCCNC(=O)c2ccc3[nH]c(=O)n(c3c2)CCCNC1=O. The number of carbonyl (C=O) groups is 4. The third-order valence-electron chi connectivity index (χ3n) is 7.50. The average molecular weight is 579 g/mol. The van der Waals surface area contributed by atoms with Crippen molar-refractivity contribution in [2.24, 2.45) is 5.92 Å². The fourth-order valence-electron chi connectivity index (χ4n) is 4.91. The molecule has 4 amide bonds. The summed E-state index contributed by atoms with van der Waals surface area (Å²) in [6.07, 6.45) is 6.46. The van der Waals surface area contributed by atoms with Gasteiger partial charge in [-0.1, -0.05) is 20.3 Å². The van der Waals surface area contributed by atoms with Crippen molar-refractivity contribution in [1.82, 2.24) is 40.4 Å². The molecule has 2 aromatic heterocycles. The van der Waals surface area contributed by atoms with Crippen LogP contribution in [0.2, 0.25) is 0 Å². The zero-order chi connectivity index (χ0) is 30.1. The smallest absolute Gasteiger partial charge is 0.326 e. The molecule has 0 radical (unpaired) electrons. The molecule has 3 heterocycles. The summed E-state index contributed by atoms with van der Waals surface area (Å²) in [7, 11) is 0. The summed E-state index contributed by atoms with van der Waals surface area (Å²) in [5, 5.41) is 8.64. The molecule has 13 nitrogen and oxygen atoms in total. The lowest BCUT2D eigenvalue weighted by Gasteiger charge is -2.25. The van der Waals surface area contributed by atoms with Crippen LogP contribution in [0.3, 0.4) is 0 Å². The number of aromatic amines is 1. The van der Waals surface area contributed by atoms with Gasteiger partial charge >= 0.3 is 5.69 Å². The predicted molar refractivity (Wildman–Crippen MR) is 156 cm³/mol. The number of hydrogen-bond donors (Lipinski definition) is 4. The summed E-state index contributed by atoms with van der Waals surface area (Å²) in [4.78, 5) is 77.1. The molecular formula is C29H38N8O5. The lowest BCUT2D eigenvalue weighted by molar-refractivity contribution is -0.130. The van der Waals surface area contributed by atoms with Crippen molar-refractivity contribution in [1.29, 1.82) is 0 Å². The first-order valence-corrected chi connectivity index (χ1v) is 14.4. The van der Waals surface area contributed by atoms with Gasteiger partial charge in [-0.15, -0.1) is 0 Å². The molecule has 0 unspecified atom stereocenters. The standard InChI is InChI=1S/C29H38N8O5/c1-3-19(2)25-27(40)33-11-6-16-37-23-17-20(8-9-21(23)34-29(37)42)26(39)32-10-5-15-36(14-4-7-24(38)35-25)28(41)22-18-30-12-13-31-22/h8-9,12-13,17-19,25H,3-7,10-11,14-16H2,1-2H3,(H,32,39)(H,33,40)(H,34,42)(H,35,38)/t19-,25-/m0/s1. The van der Waals surface area contributed by atoms with Crippen molar-refractivity contribution in [3.63, 3.8) is 0 Å². The van der Waals surface area contributed by atoms with E-state index in [9.17, 15) is 24.0 Å². The van der Waals surface area contributed by atoms with Crippen LogP contribution in [0.1, 0.15) is 66.8 Å². The van der Waals surface area contributed by atoms with Crippen LogP contribution in [0, 0.1) is 5.92 Å². The minimum absolute atomic E-state index is 0.0926. The lowest BCUT2D eigenvalue weighted by Crippen LogP contribution is -2.50. The molecule has 2 bridgehead atoms. The van der Waals surface area contributed by atoms with E-state index in [2.05, 4.69) is 30.9 Å². The third kappa shape index (κ3) is 7.59. The van der Waals surface area contributed by atoms with Crippen molar-refractivity contribution in [3.05, 3.63) is 58.5 Å². The summed E-state index contributed by atoms with van der Waals surface area (Å²) < 4.78 is 1.55. The summed E-state index contributed by atoms with van der Waals surface area (Å²) >= 11 is 0. The molecule has 224 valence electrons. The summed E-state index contributed by atoms with van der Waals surface area (Å²) in [6.45, 7) is 5.43. The summed E-state index contributed by atoms with van der Waals surface area (Å²) in [5.74, 6) is -1.27. The molecule has 0 aliphatic carbocycles. The van der Waals surface area contributed by atoms with Crippen LogP contribution in [-0.2, 0) is 16.1 Å². The van der Waals surface area contributed by atoms with Gasteiger partial charge in [0, 0.05) is 57.1 Å². The second-order valence-electron chi connectivity index (χ2n) is 10.5. The Morgan fingerprint density at radius 3 is 2.55 bits per heavy atom. The van der Waals surface area contributed by atoms with Gasteiger partial charge in [0.25, 0.3) is 11.8 Å². The van der Waals surface area contributed by atoms with Crippen LogP contribution >= 0.6 is 0 Å². The van der Waals surface area contributed by atoms with Gasteiger partial charge < -0.3 is 25.8 Å². The van der Waals surface area contributed by atoms with Gasteiger partial charge in [0.2, 0.25) is 11.8 Å². The third-order valence-corrected chi connectivity index (χ3v) is 7.50. The maximum Gasteiger partial charge on any atom is 0.326 e. The van der Waals surface area contributed by atoms with Crippen molar-refractivity contribution >= 4 is 34.7 Å². The second-order valence-corrected chi connectivity index (χ2v) is 10.5. The number of nitrogens with one attached hydrogen (secondary N) is 4. The Kier molecular flexibility index (Phi) is 10.4. The Balaban J connectivity index is 1.55. The van der Waals surface area contributed by atoms with Crippen molar-refractivity contribution in [2.45, 2.75) is 58.5 Å². The molecule has 0 fully saturated rings. The van der Waals surface area contributed by atoms with E-state index in [0.29, 0.717) is 75.0 Å². The van der Waals surface area contributed by atoms with E-state index >= 15 is 0 Å². The molecular weight excluding hydrogens is 540 g/mol. The molecule has 1 aliphatic heterocycles. The Labute approximate surface area is 243 Å². The van der Waals surface area contributed by atoms with Crippen molar-refractivity contribution in [2.75, 3.05) is 26.2 Å². The average Bonchev–Trinajstić information content (AvgIpc) is 3.32. The minimum Gasteiger partial charge on any atom is -0.354 e. The number of amides is 4. The lowest BCUT2D eigenvalue weighted by atomic mass is 9.98. The molecule has 1 aromatic carbocycles. The van der Waals surface area contributed by atoms with Crippen LogP contribution in [-0.4, -0.2) is 80.3 Å². The second kappa shape index (κ2) is 14.4. The number of hydrogen-bond acceptors (Lipinski definition) is 7. The van der Waals surface area contributed by atoms with Gasteiger partial charge in [-0.3, -0.25) is 28.7 Å². The number of imidazole rings is 1. The first-order chi connectivity index (χ1) is 20.3. The maximum atomic E-state index is 13.2. The van der Waals surface area contributed by atoms with Gasteiger partial charge in [-0.2, -0.15) is 0 Å².